The molecule has 0 saturated carbocycles. The number of rotatable bonds is 2. The Morgan fingerprint density at radius 1 is 0.857 bits per heavy atom. The molecule has 104 valence electrons. The molecule has 3 aromatic rings. The molecule has 2 heteroatoms. The number of benzene rings is 2. The van der Waals surface area contributed by atoms with Crippen LogP contribution in [0.15, 0.2) is 60.7 Å². The Kier molecular flexibility index (Phi) is 2.88. The first-order valence-electron chi connectivity index (χ1n) is 7.37. The van der Waals surface area contributed by atoms with E-state index in [1.54, 1.807) is 0 Å². The largest absolute Gasteiger partial charge is 0.344 e. The summed E-state index contributed by atoms with van der Waals surface area (Å²) in [6.45, 7) is 1.05. The van der Waals surface area contributed by atoms with E-state index in [2.05, 4.69) is 34.9 Å². The minimum absolute atomic E-state index is 0.185. The lowest BCUT2D eigenvalue weighted by molar-refractivity contribution is 0.628. The highest BCUT2D eigenvalue weighted by molar-refractivity contribution is 5.75. The molecule has 1 aliphatic heterocycles. The number of hydrogen-bond acceptors (Lipinski definition) is 0. The van der Waals surface area contributed by atoms with Crippen LogP contribution >= 0.6 is 0 Å². The normalized spacial score (nSPS) is 13.4. The average Bonchev–Trinajstić information content (AvgIpc) is 3.11. The van der Waals surface area contributed by atoms with E-state index in [1.807, 2.05) is 18.2 Å². The lowest BCUT2D eigenvalue weighted by atomic mass is 10.0. The van der Waals surface area contributed by atoms with E-state index in [0.717, 1.165) is 18.5 Å². The second-order valence-corrected chi connectivity index (χ2v) is 5.52. The molecular formula is C19H16FN. The van der Waals surface area contributed by atoms with Crippen molar-refractivity contribution in [2.45, 2.75) is 19.4 Å². The number of halogens is 1. The SMILES string of the molecule is Fc1ccc(-c2cc(-c3ccccc3)c3n2CCC3)cc1. The first kappa shape index (κ1) is 12.4. The molecule has 1 nitrogen and oxygen atoms in total. The fourth-order valence-corrected chi connectivity index (χ4v) is 3.25. The van der Waals surface area contributed by atoms with Gasteiger partial charge in [-0.15, -0.1) is 0 Å². The minimum Gasteiger partial charge on any atom is -0.344 e. The van der Waals surface area contributed by atoms with Gasteiger partial charge in [-0.05, 0) is 54.3 Å². The van der Waals surface area contributed by atoms with Crippen molar-refractivity contribution >= 4 is 0 Å². The molecule has 0 aliphatic carbocycles. The zero-order valence-electron chi connectivity index (χ0n) is 11.7. The Morgan fingerprint density at radius 3 is 2.38 bits per heavy atom. The zero-order valence-corrected chi connectivity index (χ0v) is 11.7. The van der Waals surface area contributed by atoms with Crippen molar-refractivity contribution in [3.8, 4) is 22.4 Å². The first-order chi connectivity index (χ1) is 10.3. The van der Waals surface area contributed by atoms with Gasteiger partial charge in [0.05, 0.1) is 0 Å². The summed E-state index contributed by atoms with van der Waals surface area (Å²) < 4.78 is 15.5. The molecule has 1 aromatic heterocycles. The van der Waals surface area contributed by atoms with Crippen LogP contribution in [0, 0.1) is 5.82 Å². The highest BCUT2D eigenvalue weighted by atomic mass is 19.1. The van der Waals surface area contributed by atoms with Crippen molar-refractivity contribution in [1.29, 1.82) is 0 Å². The second kappa shape index (κ2) is 4.88. The third kappa shape index (κ3) is 2.07. The third-order valence-electron chi connectivity index (χ3n) is 4.23. The molecule has 0 amide bonds. The van der Waals surface area contributed by atoms with Crippen molar-refractivity contribution in [3.05, 3.63) is 72.2 Å². The van der Waals surface area contributed by atoms with Gasteiger partial charge in [0, 0.05) is 23.5 Å². The standard InChI is InChI=1S/C19H16FN/c20-16-10-8-15(9-11-16)19-13-17(14-5-2-1-3-6-14)18-7-4-12-21(18)19/h1-3,5-6,8-11,13H,4,7,12H2. The van der Waals surface area contributed by atoms with Crippen LogP contribution in [0.1, 0.15) is 12.1 Å². The van der Waals surface area contributed by atoms with E-state index in [0.29, 0.717) is 0 Å². The molecule has 0 saturated heterocycles. The van der Waals surface area contributed by atoms with E-state index in [-0.39, 0.29) is 5.82 Å². The van der Waals surface area contributed by atoms with E-state index >= 15 is 0 Å². The molecular weight excluding hydrogens is 261 g/mol. The van der Waals surface area contributed by atoms with Crippen molar-refractivity contribution < 1.29 is 4.39 Å². The van der Waals surface area contributed by atoms with Crippen LogP contribution in [-0.2, 0) is 13.0 Å². The summed E-state index contributed by atoms with van der Waals surface area (Å²) in [4.78, 5) is 0. The molecule has 0 fully saturated rings. The monoisotopic (exact) mass is 277 g/mol. The van der Waals surface area contributed by atoms with Crippen LogP contribution in [-0.4, -0.2) is 4.57 Å². The van der Waals surface area contributed by atoms with Crippen LogP contribution in [0.5, 0.6) is 0 Å². The van der Waals surface area contributed by atoms with Gasteiger partial charge in [-0.3, -0.25) is 0 Å². The molecule has 2 heterocycles. The smallest absolute Gasteiger partial charge is 0.123 e. The Bertz CT molecular complexity index is 769. The molecule has 0 bridgehead atoms. The predicted octanol–water partition coefficient (Wildman–Crippen LogP) is 4.91. The van der Waals surface area contributed by atoms with Crippen molar-refractivity contribution in [3.63, 3.8) is 0 Å². The topological polar surface area (TPSA) is 4.93 Å². The van der Waals surface area contributed by atoms with Crippen LogP contribution in [0.3, 0.4) is 0 Å². The Hall–Kier alpha value is -2.35. The molecule has 0 atom stereocenters. The highest BCUT2D eigenvalue weighted by Crippen LogP contribution is 2.36. The molecule has 0 radical (unpaired) electrons. The lowest BCUT2D eigenvalue weighted by Gasteiger charge is -2.05. The summed E-state index contributed by atoms with van der Waals surface area (Å²) in [7, 11) is 0. The lowest BCUT2D eigenvalue weighted by Crippen LogP contribution is -1.95. The summed E-state index contributed by atoms with van der Waals surface area (Å²) in [5, 5.41) is 0. The van der Waals surface area contributed by atoms with Gasteiger partial charge in [-0.1, -0.05) is 30.3 Å². The molecule has 4 rings (SSSR count). The maximum absolute atomic E-state index is 13.1. The Morgan fingerprint density at radius 2 is 1.62 bits per heavy atom. The number of hydrogen-bond donors (Lipinski definition) is 0. The highest BCUT2D eigenvalue weighted by Gasteiger charge is 2.21. The van der Waals surface area contributed by atoms with E-state index in [4.69, 9.17) is 0 Å². The zero-order chi connectivity index (χ0) is 14.2. The summed E-state index contributed by atoms with van der Waals surface area (Å²) in [5.41, 5.74) is 6.26. The van der Waals surface area contributed by atoms with E-state index in [1.165, 1.54) is 41.1 Å². The van der Waals surface area contributed by atoms with Gasteiger partial charge >= 0.3 is 0 Å². The van der Waals surface area contributed by atoms with Crippen LogP contribution in [0.2, 0.25) is 0 Å². The number of fused-ring (bicyclic) bond motifs is 1. The molecule has 2 aromatic carbocycles. The van der Waals surface area contributed by atoms with Gasteiger partial charge in [-0.2, -0.15) is 0 Å². The molecule has 0 unspecified atom stereocenters. The molecule has 21 heavy (non-hydrogen) atoms. The van der Waals surface area contributed by atoms with Crippen LogP contribution in [0.4, 0.5) is 4.39 Å². The molecule has 0 N–H and O–H groups in total. The fraction of sp³-hybridized carbons (Fsp3) is 0.158. The predicted molar refractivity (Wildman–Crippen MR) is 83.6 cm³/mol. The van der Waals surface area contributed by atoms with Gasteiger partial charge < -0.3 is 4.57 Å². The summed E-state index contributed by atoms with van der Waals surface area (Å²) in [6.07, 6.45) is 2.30. The fourth-order valence-electron chi connectivity index (χ4n) is 3.25. The number of aromatic nitrogens is 1. The molecule has 0 spiro atoms. The Labute approximate surface area is 123 Å². The van der Waals surface area contributed by atoms with E-state index in [9.17, 15) is 4.39 Å². The minimum atomic E-state index is -0.185. The quantitative estimate of drug-likeness (QED) is 0.627. The van der Waals surface area contributed by atoms with Crippen molar-refractivity contribution in [2.75, 3.05) is 0 Å². The molecule has 1 aliphatic rings. The van der Waals surface area contributed by atoms with Crippen LogP contribution in [0.25, 0.3) is 22.4 Å². The van der Waals surface area contributed by atoms with Crippen molar-refractivity contribution in [1.82, 2.24) is 4.57 Å². The third-order valence-corrected chi connectivity index (χ3v) is 4.23. The summed E-state index contributed by atoms with van der Waals surface area (Å²) >= 11 is 0. The van der Waals surface area contributed by atoms with Gasteiger partial charge in [0.15, 0.2) is 0 Å². The van der Waals surface area contributed by atoms with E-state index < -0.39 is 0 Å². The summed E-state index contributed by atoms with van der Waals surface area (Å²) in [6, 6.07) is 19.6. The number of nitrogens with zero attached hydrogens (tertiary/aromatic N) is 1. The van der Waals surface area contributed by atoms with Gasteiger partial charge in [0.2, 0.25) is 0 Å². The van der Waals surface area contributed by atoms with Gasteiger partial charge in [0.25, 0.3) is 0 Å². The van der Waals surface area contributed by atoms with Crippen molar-refractivity contribution in [2.24, 2.45) is 0 Å². The maximum atomic E-state index is 13.1. The average molecular weight is 277 g/mol. The van der Waals surface area contributed by atoms with Gasteiger partial charge in [0.1, 0.15) is 5.82 Å². The second-order valence-electron chi connectivity index (χ2n) is 5.52. The first-order valence-corrected chi connectivity index (χ1v) is 7.37. The van der Waals surface area contributed by atoms with Crippen LogP contribution < -0.4 is 0 Å². The van der Waals surface area contributed by atoms with Gasteiger partial charge in [-0.25, -0.2) is 4.39 Å². The Balaban J connectivity index is 1.88. The maximum Gasteiger partial charge on any atom is 0.123 e. The summed E-state index contributed by atoms with van der Waals surface area (Å²) in [5.74, 6) is -0.185.